The first-order valence-corrected chi connectivity index (χ1v) is 10.2. The molecule has 1 heterocycles. The molecular weight excluding hydrogens is 368 g/mol. The number of anilines is 1. The molecule has 0 saturated heterocycles. The highest BCUT2D eigenvalue weighted by atomic mass is 16.3. The third-order valence-corrected chi connectivity index (χ3v) is 4.51. The molecule has 0 fully saturated rings. The smallest absolute Gasteiger partial charge is 0.291 e. The van der Waals surface area contributed by atoms with Crippen molar-refractivity contribution in [2.24, 2.45) is 10.9 Å². The third kappa shape index (κ3) is 7.99. The summed E-state index contributed by atoms with van der Waals surface area (Å²) < 4.78 is 5.09. The van der Waals surface area contributed by atoms with Gasteiger partial charge < -0.3 is 25.5 Å². The molecule has 0 saturated carbocycles. The predicted molar refractivity (Wildman–Crippen MR) is 116 cm³/mol. The molecule has 1 atom stereocenters. The van der Waals surface area contributed by atoms with Crippen LogP contribution in [0.25, 0.3) is 0 Å². The van der Waals surface area contributed by atoms with E-state index in [0.29, 0.717) is 18.2 Å². The summed E-state index contributed by atoms with van der Waals surface area (Å²) in [5.41, 5.74) is 1.74. The van der Waals surface area contributed by atoms with Crippen LogP contribution in [0.2, 0.25) is 0 Å². The summed E-state index contributed by atoms with van der Waals surface area (Å²) in [6.45, 7) is 6.50. The molecule has 7 heteroatoms. The average molecular weight is 401 g/mol. The van der Waals surface area contributed by atoms with Gasteiger partial charge in [-0.25, -0.2) is 4.99 Å². The van der Waals surface area contributed by atoms with E-state index in [9.17, 15) is 9.90 Å². The van der Waals surface area contributed by atoms with Gasteiger partial charge in [-0.05, 0) is 55.5 Å². The van der Waals surface area contributed by atoms with Crippen molar-refractivity contribution >= 4 is 17.6 Å². The van der Waals surface area contributed by atoms with Gasteiger partial charge in [0, 0.05) is 25.4 Å². The number of aliphatic hydroxyl groups is 1. The number of carbonyl (C=O) groups is 1. The molecule has 0 aliphatic carbocycles. The zero-order chi connectivity index (χ0) is 20.9. The van der Waals surface area contributed by atoms with Gasteiger partial charge in [-0.3, -0.25) is 4.79 Å². The van der Waals surface area contributed by atoms with Crippen molar-refractivity contribution in [2.45, 2.75) is 39.7 Å². The molecular formula is C22H32N4O3. The van der Waals surface area contributed by atoms with Crippen LogP contribution in [0.3, 0.4) is 0 Å². The molecule has 0 aliphatic rings. The lowest BCUT2D eigenvalue weighted by Gasteiger charge is -2.18. The minimum atomic E-state index is -0.274. The maximum absolute atomic E-state index is 12.0. The summed E-state index contributed by atoms with van der Waals surface area (Å²) in [6.07, 6.45) is 4.45. The van der Waals surface area contributed by atoms with E-state index in [0.717, 1.165) is 43.9 Å². The minimum absolute atomic E-state index is 0.211. The molecule has 1 unspecified atom stereocenters. The number of nitrogens with one attached hydrogen (secondary N) is 3. The second kappa shape index (κ2) is 12.6. The SMILES string of the molecule is CCCC(CCO)CNC(=NCc1ccc(NC(=O)c2ccco2)cc1)NCC. The molecule has 1 aromatic heterocycles. The van der Waals surface area contributed by atoms with E-state index in [1.807, 2.05) is 31.2 Å². The van der Waals surface area contributed by atoms with Crippen LogP contribution in [0.15, 0.2) is 52.1 Å². The first-order chi connectivity index (χ1) is 14.2. The lowest BCUT2D eigenvalue weighted by atomic mass is 10.0. The van der Waals surface area contributed by atoms with E-state index >= 15 is 0 Å². The number of amides is 1. The van der Waals surface area contributed by atoms with Gasteiger partial charge in [-0.1, -0.05) is 25.5 Å². The molecule has 2 rings (SSSR count). The molecule has 0 radical (unpaired) electrons. The minimum Gasteiger partial charge on any atom is -0.459 e. The summed E-state index contributed by atoms with van der Waals surface area (Å²) in [7, 11) is 0. The van der Waals surface area contributed by atoms with Crippen molar-refractivity contribution in [3.05, 3.63) is 54.0 Å². The molecule has 1 aromatic carbocycles. The van der Waals surface area contributed by atoms with E-state index in [1.165, 1.54) is 6.26 Å². The fourth-order valence-electron chi connectivity index (χ4n) is 2.99. The zero-order valence-corrected chi connectivity index (χ0v) is 17.3. The monoisotopic (exact) mass is 400 g/mol. The standard InChI is InChI=1S/C22H32N4O3/c1-3-6-17(12-13-27)15-24-22(23-4-2)25-16-18-8-10-19(11-9-18)26-21(28)20-7-5-14-29-20/h5,7-11,14,17,27H,3-4,6,12-13,15-16H2,1-2H3,(H,26,28)(H2,23,24,25). The van der Waals surface area contributed by atoms with Gasteiger partial charge in [0.1, 0.15) is 0 Å². The average Bonchev–Trinajstić information content (AvgIpc) is 3.26. The number of carbonyl (C=O) groups excluding carboxylic acids is 1. The van der Waals surface area contributed by atoms with Gasteiger partial charge in [0.15, 0.2) is 11.7 Å². The number of aliphatic imine (C=N–C) groups is 1. The number of guanidine groups is 1. The van der Waals surface area contributed by atoms with Gasteiger partial charge in [0.05, 0.1) is 12.8 Å². The Balaban J connectivity index is 1.90. The third-order valence-electron chi connectivity index (χ3n) is 4.51. The van der Waals surface area contributed by atoms with Crippen LogP contribution >= 0.6 is 0 Å². The number of aliphatic hydroxyl groups excluding tert-OH is 1. The summed E-state index contributed by atoms with van der Waals surface area (Å²) >= 11 is 0. The Morgan fingerprint density at radius 1 is 1.14 bits per heavy atom. The van der Waals surface area contributed by atoms with E-state index in [4.69, 9.17) is 4.42 Å². The van der Waals surface area contributed by atoms with Crippen LogP contribution in [0.5, 0.6) is 0 Å². The summed E-state index contributed by atoms with van der Waals surface area (Å²) in [6, 6.07) is 10.9. The fourth-order valence-corrected chi connectivity index (χ4v) is 2.99. The van der Waals surface area contributed by atoms with Crippen LogP contribution in [-0.2, 0) is 6.54 Å². The molecule has 0 spiro atoms. The highest BCUT2D eigenvalue weighted by molar-refractivity contribution is 6.02. The first-order valence-electron chi connectivity index (χ1n) is 10.2. The van der Waals surface area contributed by atoms with Gasteiger partial charge >= 0.3 is 0 Å². The van der Waals surface area contributed by atoms with Crippen LogP contribution in [0.1, 0.15) is 49.2 Å². The van der Waals surface area contributed by atoms with Crippen LogP contribution in [0.4, 0.5) is 5.69 Å². The maximum atomic E-state index is 12.0. The Morgan fingerprint density at radius 3 is 2.55 bits per heavy atom. The number of hydrogen-bond acceptors (Lipinski definition) is 4. The molecule has 7 nitrogen and oxygen atoms in total. The number of furan rings is 1. The summed E-state index contributed by atoms with van der Waals surface area (Å²) in [5, 5.41) is 18.6. The van der Waals surface area contributed by atoms with Crippen molar-refractivity contribution in [3.8, 4) is 0 Å². The fraction of sp³-hybridized carbons (Fsp3) is 0.455. The zero-order valence-electron chi connectivity index (χ0n) is 17.3. The second-order valence-electron chi connectivity index (χ2n) is 6.87. The molecule has 0 bridgehead atoms. The highest BCUT2D eigenvalue weighted by Crippen LogP contribution is 2.13. The van der Waals surface area contributed by atoms with Crippen LogP contribution < -0.4 is 16.0 Å². The van der Waals surface area contributed by atoms with E-state index < -0.39 is 0 Å². The normalized spacial score (nSPS) is 12.4. The van der Waals surface area contributed by atoms with Crippen molar-refractivity contribution in [3.63, 3.8) is 0 Å². The molecule has 0 aliphatic heterocycles. The maximum Gasteiger partial charge on any atom is 0.291 e. The van der Waals surface area contributed by atoms with Gasteiger partial charge in [0.25, 0.3) is 5.91 Å². The van der Waals surface area contributed by atoms with E-state index in [2.05, 4.69) is 27.9 Å². The Kier molecular flexibility index (Phi) is 9.78. The quantitative estimate of drug-likeness (QED) is 0.342. The number of benzene rings is 1. The van der Waals surface area contributed by atoms with Crippen LogP contribution in [-0.4, -0.2) is 36.7 Å². The lowest BCUT2D eigenvalue weighted by Crippen LogP contribution is -2.40. The van der Waals surface area contributed by atoms with E-state index in [1.54, 1.807) is 12.1 Å². The number of hydrogen-bond donors (Lipinski definition) is 4. The molecule has 29 heavy (non-hydrogen) atoms. The highest BCUT2D eigenvalue weighted by Gasteiger charge is 2.09. The lowest BCUT2D eigenvalue weighted by molar-refractivity contribution is 0.0996. The van der Waals surface area contributed by atoms with Crippen molar-refractivity contribution in [2.75, 3.05) is 25.0 Å². The van der Waals surface area contributed by atoms with Gasteiger partial charge in [-0.15, -0.1) is 0 Å². The second-order valence-corrected chi connectivity index (χ2v) is 6.87. The Labute approximate surface area is 172 Å². The molecule has 4 N–H and O–H groups in total. The first kappa shape index (κ1) is 22.5. The van der Waals surface area contributed by atoms with Gasteiger partial charge in [0.2, 0.25) is 0 Å². The van der Waals surface area contributed by atoms with Crippen molar-refractivity contribution in [1.82, 2.24) is 10.6 Å². The topological polar surface area (TPSA) is 98.9 Å². The Morgan fingerprint density at radius 2 is 1.93 bits per heavy atom. The van der Waals surface area contributed by atoms with Crippen LogP contribution in [0, 0.1) is 5.92 Å². The summed E-state index contributed by atoms with van der Waals surface area (Å²) in [5.74, 6) is 1.21. The molecule has 2 aromatic rings. The predicted octanol–water partition coefficient (Wildman–Crippen LogP) is 3.39. The number of rotatable bonds is 11. The Bertz CT molecular complexity index is 736. The van der Waals surface area contributed by atoms with Crippen molar-refractivity contribution in [1.29, 1.82) is 0 Å². The summed E-state index contributed by atoms with van der Waals surface area (Å²) in [4.78, 5) is 16.6. The van der Waals surface area contributed by atoms with Gasteiger partial charge in [-0.2, -0.15) is 0 Å². The largest absolute Gasteiger partial charge is 0.459 e. The number of nitrogens with zero attached hydrogens (tertiary/aromatic N) is 1. The molecule has 158 valence electrons. The Hall–Kier alpha value is -2.80. The molecule has 1 amide bonds. The van der Waals surface area contributed by atoms with Crippen molar-refractivity contribution < 1.29 is 14.3 Å². The van der Waals surface area contributed by atoms with E-state index in [-0.39, 0.29) is 18.3 Å².